The lowest BCUT2D eigenvalue weighted by Crippen LogP contribution is -2.51. The molecule has 0 aromatic heterocycles. The van der Waals surface area contributed by atoms with Gasteiger partial charge in [0.25, 0.3) is 0 Å². The summed E-state index contributed by atoms with van der Waals surface area (Å²) >= 11 is 0. The van der Waals surface area contributed by atoms with Crippen LogP contribution in [0.4, 0.5) is 4.79 Å². The summed E-state index contributed by atoms with van der Waals surface area (Å²) < 4.78 is 23.4. The molecule has 2 fully saturated rings. The fourth-order valence-electron chi connectivity index (χ4n) is 4.66. The van der Waals surface area contributed by atoms with Crippen LogP contribution in [-0.4, -0.2) is 63.6 Å². The minimum atomic E-state index is -2.51. The zero-order valence-electron chi connectivity index (χ0n) is 22.1. The molecule has 0 aliphatic carbocycles. The fraction of sp³-hybridized carbons (Fsp3) is 0.407. The molecular weight excluding hydrogens is 473 g/mol. The third-order valence-corrected chi connectivity index (χ3v) is 11.0. The standard InChI is InChI=1S/C27H34BNO6Si/c1-26(2)27(3,4)35-28(34-26)22(19-13-15-20(16-14-19)24(30)32-5)23(29-17-18-33-25(29)31)36(6,7)21-11-9-8-10-12-21/h8-16H,17-18H2,1-7H3/b23-22-. The molecule has 0 atom stereocenters. The summed E-state index contributed by atoms with van der Waals surface area (Å²) in [6, 6.07) is 17.4. The van der Waals surface area contributed by atoms with Crippen molar-refractivity contribution in [1.82, 2.24) is 4.90 Å². The van der Waals surface area contributed by atoms with Crippen LogP contribution in [0.3, 0.4) is 0 Å². The summed E-state index contributed by atoms with van der Waals surface area (Å²) in [5.41, 5.74) is 0.876. The van der Waals surface area contributed by atoms with Crippen molar-refractivity contribution in [2.75, 3.05) is 20.3 Å². The smallest absolute Gasteiger partial charge is 0.465 e. The van der Waals surface area contributed by atoms with Crippen LogP contribution in [0.1, 0.15) is 43.6 Å². The van der Waals surface area contributed by atoms with E-state index < -0.39 is 32.4 Å². The van der Waals surface area contributed by atoms with Crippen LogP contribution in [0, 0.1) is 0 Å². The molecule has 9 heteroatoms. The first-order valence-corrected chi connectivity index (χ1v) is 15.2. The third kappa shape index (κ3) is 4.63. The second kappa shape index (κ2) is 9.54. The first-order chi connectivity index (χ1) is 16.9. The van der Waals surface area contributed by atoms with Gasteiger partial charge in [-0.1, -0.05) is 60.7 Å². The fourth-order valence-corrected chi connectivity index (χ4v) is 7.77. The van der Waals surface area contributed by atoms with Gasteiger partial charge in [-0.3, -0.25) is 4.90 Å². The van der Waals surface area contributed by atoms with Crippen molar-refractivity contribution in [1.29, 1.82) is 0 Å². The Morgan fingerprint density at radius 1 is 0.944 bits per heavy atom. The molecule has 7 nitrogen and oxygen atoms in total. The second-order valence-electron chi connectivity index (χ2n) is 10.7. The highest BCUT2D eigenvalue weighted by Crippen LogP contribution is 2.43. The van der Waals surface area contributed by atoms with Crippen LogP contribution in [0.15, 0.2) is 59.9 Å². The second-order valence-corrected chi connectivity index (χ2v) is 15.0. The van der Waals surface area contributed by atoms with E-state index in [4.69, 9.17) is 18.8 Å². The van der Waals surface area contributed by atoms with Gasteiger partial charge in [-0.25, -0.2) is 9.59 Å². The predicted octanol–water partition coefficient (Wildman–Crippen LogP) is 4.42. The van der Waals surface area contributed by atoms with E-state index in [1.807, 2.05) is 58.0 Å². The number of hydrogen-bond donors (Lipinski definition) is 0. The van der Waals surface area contributed by atoms with Crippen LogP contribution in [-0.2, 0) is 18.8 Å². The van der Waals surface area contributed by atoms with Crippen molar-refractivity contribution >= 4 is 37.9 Å². The Hall–Kier alpha value is -2.88. The molecule has 190 valence electrons. The molecular formula is C27H34BNO6Si. The number of carbonyl (C=O) groups is 2. The average Bonchev–Trinajstić information content (AvgIpc) is 3.35. The van der Waals surface area contributed by atoms with Crippen LogP contribution in [0.25, 0.3) is 5.47 Å². The van der Waals surface area contributed by atoms with Crippen molar-refractivity contribution in [3.05, 3.63) is 71.0 Å². The molecule has 2 aromatic carbocycles. The van der Waals surface area contributed by atoms with Gasteiger partial charge in [-0.2, -0.15) is 0 Å². The molecule has 2 heterocycles. The minimum absolute atomic E-state index is 0.319. The lowest BCUT2D eigenvalue weighted by Gasteiger charge is -2.35. The Morgan fingerprint density at radius 3 is 2.00 bits per heavy atom. The highest BCUT2D eigenvalue weighted by Gasteiger charge is 2.55. The quantitative estimate of drug-likeness (QED) is 0.426. The summed E-state index contributed by atoms with van der Waals surface area (Å²) in [6.07, 6.45) is -0.373. The highest BCUT2D eigenvalue weighted by molar-refractivity contribution is 6.98. The van der Waals surface area contributed by atoms with Crippen molar-refractivity contribution < 1.29 is 28.4 Å². The Labute approximate surface area is 214 Å². The summed E-state index contributed by atoms with van der Waals surface area (Å²) in [4.78, 5) is 26.9. The van der Waals surface area contributed by atoms with E-state index in [-0.39, 0.29) is 6.09 Å². The highest BCUT2D eigenvalue weighted by atomic mass is 28.3. The summed E-state index contributed by atoms with van der Waals surface area (Å²) in [5.74, 6) is -0.412. The molecule has 0 bridgehead atoms. The number of methoxy groups -OCH3 is 1. The van der Waals surface area contributed by atoms with Gasteiger partial charge in [0, 0.05) is 10.8 Å². The largest absolute Gasteiger partial charge is 0.496 e. The Balaban J connectivity index is 2.00. The normalized spacial score (nSPS) is 19.7. The molecule has 2 aliphatic rings. The number of nitrogens with zero attached hydrogens (tertiary/aromatic N) is 1. The monoisotopic (exact) mass is 507 g/mol. The van der Waals surface area contributed by atoms with E-state index in [9.17, 15) is 9.59 Å². The molecule has 0 N–H and O–H groups in total. The predicted molar refractivity (Wildman–Crippen MR) is 142 cm³/mol. The van der Waals surface area contributed by atoms with Gasteiger partial charge in [0.2, 0.25) is 0 Å². The number of hydrogen-bond acceptors (Lipinski definition) is 6. The number of amides is 1. The molecule has 0 unspecified atom stereocenters. The third-order valence-electron chi connectivity index (χ3n) is 7.48. The zero-order chi connectivity index (χ0) is 26.3. The molecule has 2 saturated heterocycles. The zero-order valence-corrected chi connectivity index (χ0v) is 23.1. The maximum atomic E-state index is 13.0. The van der Waals surface area contributed by atoms with Gasteiger partial charge in [0.15, 0.2) is 0 Å². The van der Waals surface area contributed by atoms with E-state index in [0.29, 0.717) is 18.7 Å². The lowest BCUT2D eigenvalue weighted by molar-refractivity contribution is 0.00578. The van der Waals surface area contributed by atoms with Crippen LogP contribution < -0.4 is 5.19 Å². The molecule has 36 heavy (non-hydrogen) atoms. The molecule has 1 amide bonds. The lowest BCUT2D eigenvalue weighted by atomic mass is 9.74. The number of rotatable bonds is 6. The summed E-state index contributed by atoms with van der Waals surface area (Å²) in [5, 5.41) is 2.04. The number of cyclic esters (lactones) is 1. The first kappa shape index (κ1) is 26.2. The Morgan fingerprint density at radius 2 is 1.50 bits per heavy atom. The van der Waals surface area contributed by atoms with E-state index in [1.54, 1.807) is 17.0 Å². The SMILES string of the molecule is COC(=O)c1ccc(/C(B2OC(C)(C)C(C)(C)O2)=C(\N2CCOC2=O)[Si](C)(C)c2ccccc2)cc1. The molecule has 4 rings (SSSR count). The van der Waals surface area contributed by atoms with Crippen LogP contribution >= 0.6 is 0 Å². The minimum Gasteiger partial charge on any atom is -0.465 e. The van der Waals surface area contributed by atoms with Crippen molar-refractivity contribution in [3.8, 4) is 0 Å². The van der Waals surface area contributed by atoms with Gasteiger partial charge in [-0.05, 0) is 45.4 Å². The number of benzene rings is 2. The molecule has 0 saturated carbocycles. The van der Waals surface area contributed by atoms with Gasteiger partial charge >= 0.3 is 19.2 Å². The topological polar surface area (TPSA) is 74.3 Å². The number of carbonyl (C=O) groups excluding carboxylic acids is 2. The van der Waals surface area contributed by atoms with Gasteiger partial charge in [0.05, 0.1) is 30.4 Å². The average molecular weight is 507 g/mol. The maximum absolute atomic E-state index is 13.0. The van der Waals surface area contributed by atoms with E-state index >= 15 is 0 Å². The Kier molecular flexibility index (Phi) is 6.94. The summed E-state index contributed by atoms with van der Waals surface area (Å²) in [6.45, 7) is 13.2. The molecule has 0 spiro atoms. The van der Waals surface area contributed by atoms with Crippen molar-refractivity contribution in [3.63, 3.8) is 0 Å². The van der Waals surface area contributed by atoms with E-state index in [1.165, 1.54) is 12.3 Å². The summed E-state index contributed by atoms with van der Waals surface area (Å²) in [7, 11) is -1.88. The van der Waals surface area contributed by atoms with Crippen molar-refractivity contribution in [2.24, 2.45) is 0 Å². The van der Waals surface area contributed by atoms with E-state index in [2.05, 4.69) is 25.2 Å². The molecule has 2 aromatic rings. The number of esters is 1. The van der Waals surface area contributed by atoms with Crippen LogP contribution in [0.5, 0.6) is 0 Å². The number of ether oxygens (including phenoxy) is 2. The van der Waals surface area contributed by atoms with Crippen LogP contribution in [0.2, 0.25) is 13.1 Å². The van der Waals surface area contributed by atoms with Gasteiger partial charge in [0.1, 0.15) is 14.7 Å². The Bertz CT molecular complexity index is 1160. The van der Waals surface area contributed by atoms with Crippen molar-refractivity contribution in [2.45, 2.75) is 52.0 Å². The molecule has 0 radical (unpaired) electrons. The maximum Gasteiger partial charge on any atom is 0.496 e. The first-order valence-electron chi connectivity index (χ1n) is 12.2. The van der Waals surface area contributed by atoms with Gasteiger partial charge in [-0.15, -0.1) is 0 Å². The molecule has 2 aliphatic heterocycles. The van der Waals surface area contributed by atoms with E-state index in [0.717, 1.165) is 16.4 Å². The van der Waals surface area contributed by atoms with Gasteiger partial charge < -0.3 is 18.8 Å².